The summed E-state index contributed by atoms with van der Waals surface area (Å²) in [6, 6.07) is 6.28. The molecule has 0 radical (unpaired) electrons. The van der Waals surface area contributed by atoms with Gasteiger partial charge < -0.3 is 10.2 Å². The number of hydrogen-bond acceptors (Lipinski definition) is 6. The van der Waals surface area contributed by atoms with Crippen molar-refractivity contribution in [3.8, 4) is 0 Å². The van der Waals surface area contributed by atoms with Crippen LogP contribution in [0.15, 0.2) is 66.0 Å². The molecule has 45 heavy (non-hydrogen) atoms. The molecule has 1 aliphatic rings. The van der Waals surface area contributed by atoms with Gasteiger partial charge in [-0.25, -0.2) is 4.57 Å². The Balaban J connectivity index is 0.000000392. The van der Waals surface area contributed by atoms with Gasteiger partial charge in [-0.2, -0.15) is 5.10 Å². The number of aromatic nitrogens is 4. The molecule has 1 aromatic carbocycles. The highest BCUT2D eigenvalue weighted by Gasteiger charge is 2.26. The van der Waals surface area contributed by atoms with Crippen molar-refractivity contribution in [1.82, 2.24) is 25.0 Å². The molecule has 1 aliphatic heterocycles. The number of benzene rings is 1. The summed E-state index contributed by atoms with van der Waals surface area (Å²) in [5.41, 5.74) is 7.25. The zero-order valence-corrected chi connectivity index (χ0v) is 29.0. The van der Waals surface area contributed by atoms with Crippen molar-refractivity contribution in [1.29, 1.82) is 0 Å². The van der Waals surface area contributed by atoms with Gasteiger partial charge in [-0.3, -0.25) is 18.6 Å². The van der Waals surface area contributed by atoms with E-state index in [1.54, 1.807) is 38.5 Å². The SMILES string of the molecule is CCc1cc(C)cc(C(=O)N(C)C)c1/C=C/c1cnc(N2CCn3nc(C)cc3C2)[n+](C)c1.C\C=C/C=C\C(=C\NC)S(C)=O. The average Bonchev–Trinajstić information content (AvgIpc) is 3.38. The second kappa shape index (κ2) is 16.7. The van der Waals surface area contributed by atoms with Gasteiger partial charge in [0.05, 0.1) is 53.4 Å². The summed E-state index contributed by atoms with van der Waals surface area (Å²) in [6.07, 6.45) is 19.8. The van der Waals surface area contributed by atoms with Crippen molar-refractivity contribution < 1.29 is 13.6 Å². The van der Waals surface area contributed by atoms with Crippen LogP contribution in [0, 0.1) is 13.8 Å². The molecule has 0 aliphatic carbocycles. The number of carbonyl (C=O) groups excluding carboxylic acids is 1. The molecule has 240 valence electrons. The van der Waals surface area contributed by atoms with Crippen molar-refractivity contribution in [2.24, 2.45) is 7.05 Å². The molecular formula is C35H48N7O2S+. The first-order chi connectivity index (χ1) is 21.5. The van der Waals surface area contributed by atoms with E-state index in [1.807, 2.05) is 76.5 Å². The summed E-state index contributed by atoms with van der Waals surface area (Å²) in [5, 5.41) is 7.39. The van der Waals surface area contributed by atoms with Gasteiger partial charge in [-0.05, 0) is 62.6 Å². The van der Waals surface area contributed by atoms with E-state index in [9.17, 15) is 9.00 Å². The third-order valence-corrected chi connectivity index (χ3v) is 8.16. The zero-order chi connectivity index (χ0) is 33.1. The third-order valence-electron chi connectivity index (χ3n) is 7.24. The quantitative estimate of drug-likeness (QED) is 0.272. The minimum Gasteiger partial charge on any atom is -0.393 e. The standard InChI is InChI=1S/C26H33N6O.C9H15NOS/c1-7-21-12-18(2)13-24(25(33)29(4)5)23(21)9-8-20-15-27-26(30(6)16-20)31-10-11-32-22(17-31)14-19(3)28-32;1-4-5-6-7-9(8-10-2)12(3)11/h8-9,12-16H,7,10-11,17H2,1-6H3;4-8,10H,1-3H3/q+1;/b9-8+;5-4-,7-6-,9-8-. The number of anilines is 1. The molecule has 3 aromatic rings. The van der Waals surface area contributed by atoms with Crippen LogP contribution in [0.2, 0.25) is 0 Å². The molecule has 0 saturated heterocycles. The van der Waals surface area contributed by atoms with Crippen LogP contribution in [-0.4, -0.2) is 63.7 Å². The average molecular weight is 631 g/mol. The van der Waals surface area contributed by atoms with Crippen LogP contribution < -0.4 is 14.8 Å². The summed E-state index contributed by atoms with van der Waals surface area (Å²) >= 11 is 0. The lowest BCUT2D eigenvalue weighted by atomic mass is 9.95. The van der Waals surface area contributed by atoms with E-state index in [1.165, 1.54) is 11.3 Å². The van der Waals surface area contributed by atoms with Crippen molar-refractivity contribution >= 4 is 34.8 Å². The number of rotatable bonds is 9. The van der Waals surface area contributed by atoms with E-state index in [2.05, 4.69) is 49.8 Å². The summed E-state index contributed by atoms with van der Waals surface area (Å²) < 4.78 is 15.2. The molecule has 0 spiro atoms. The van der Waals surface area contributed by atoms with Crippen molar-refractivity contribution in [3.63, 3.8) is 0 Å². The highest BCUT2D eigenvalue weighted by molar-refractivity contribution is 7.88. The highest BCUT2D eigenvalue weighted by Crippen LogP contribution is 2.23. The Morgan fingerprint density at radius 1 is 1.16 bits per heavy atom. The summed E-state index contributed by atoms with van der Waals surface area (Å²) in [5.74, 6) is 0.956. The van der Waals surface area contributed by atoms with Crippen LogP contribution in [0.5, 0.6) is 0 Å². The first-order valence-corrected chi connectivity index (χ1v) is 16.7. The molecule has 0 fully saturated rings. The number of nitrogens with one attached hydrogen (secondary N) is 1. The number of carbonyl (C=O) groups is 1. The fraction of sp³-hybridized carbons (Fsp3) is 0.371. The number of nitrogens with zero attached hydrogens (tertiary/aromatic N) is 6. The largest absolute Gasteiger partial charge is 0.394 e. The molecule has 2 aromatic heterocycles. The van der Waals surface area contributed by atoms with Crippen LogP contribution in [0.1, 0.15) is 57.8 Å². The van der Waals surface area contributed by atoms with Gasteiger partial charge in [0.15, 0.2) is 0 Å². The second-order valence-electron chi connectivity index (χ2n) is 11.2. The minimum atomic E-state index is -0.929. The molecular weight excluding hydrogens is 582 g/mol. The Labute approximate surface area is 271 Å². The normalized spacial score (nSPS) is 14.1. The van der Waals surface area contributed by atoms with Crippen molar-refractivity contribution in [2.45, 2.75) is 47.2 Å². The van der Waals surface area contributed by atoms with E-state index in [-0.39, 0.29) is 5.91 Å². The Kier molecular flexibility index (Phi) is 13.0. The molecule has 1 unspecified atom stereocenters. The molecule has 1 amide bonds. The fourth-order valence-electron chi connectivity index (χ4n) is 5.10. The number of amides is 1. The second-order valence-corrected chi connectivity index (χ2v) is 12.5. The van der Waals surface area contributed by atoms with Gasteiger partial charge in [0, 0.05) is 44.7 Å². The maximum Gasteiger partial charge on any atom is 0.394 e. The van der Waals surface area contributed by atoms with E-state index < -0.39 is 10.8 Å². The molecule has 4 rings (SSSR count). The van der Waals surface area contributed by atoms with Gasteiger partial charge in [-0.15, -0.1) is 0 Å². The Bertz CT molecular complexity index is 1630. The summed E-state index contributed by atoms with van der Waals surface area (Å²) in [4.78, 5) is 22.3. The van der Waals surface area contributed by atoms with Gasteiger partial charge in [-0.1, -0.05) is 47.8 Å². The molecule has 0 saturated carbocycles. The lowest BCUT2D eigenvalue weighted by Gasteiger charge is -2.23. The molecule has 1 N–H and O–H groups in total. The smallest absolute Gasteiger partial charge is 0.393 e. The maximum atomic E-state index is 12.8. The topological polar surface area (TPSA) is 87.2 Å². The van der Waals surface area contributed by atoms with Gasteiger partial charge in [0.25, 0.3) is 5.91 Å². The van der Waals surface area contributed by atoms with Gasteiger partial charge in [0.1, 0.15) is 12.7 Å². The van der Waals surface area contributed by atoms with Crippen LogP contribution in [-0.2, 0) is 37.4 Å². The van der Waals surface area contributed by atoms with E-state index in [0.29, 0.717) is 0 Å². The predicted octanol–water partition coefficient (Wildman–Crippen LogP) is 4.73. The highest BCUT2D eigenvalue weighted by atomic mass is 32.2. The number of allylic oxidation sites excluding steroid dienone is 4. The van der Waals surface area contributed by atoms with Crippen molar-refractivity contribution in [2.75, 3.05) is 38.8 Å². The first kappa shape index (κ1) is 35.2. The third kappa shape index (κ3) is 9.59. The van der Waals surface area contributed by atoms with Crippen LogP contribution in [0.3, 0.4) is 0 Å². The number of aryl methyl sites for hydroxylation is 4. The zero-order valence-electron chi connectivity index (χ0n) is 28.2. The number of fused-ring (bicyclic) bond motifs is 1. The Morgan fingerprint density at radius 2 is 1.91 bits per heavy atom. The fourth-order valence-corrected chi connectivity index (χ4v) is 5.65. The molecule has 3 heterocycles. The van der Waals surface area contributed by atoms with E-state index in [0.717, 1.165) is 64.9 Å². The summed E-state index contributed by atoms with van der Waals surface area (Å²) in [7, 11) is 6.47. The minimum absolute atomic E-state index is 0.0201. The Morgan fingerprint density at radius 3 is 2.53 bits per heavy atom. The molecule has 0 bridgehead atoms. The van der Waals surface area contributed by atoms with Gasteiger partial charge >= 0.3 is 5.95 Å². The molecule has 9 nitrogen and oxygen atoms in total. The van der Waals surface area contributed by atoms with Crippen molar-refractivity contribution in [3.05, 3.63) is 105 Å². The lowest BCUT2D eigenvalue weighted by molar-refractivity contribution is -0.661. The Hall–Kier alpha value is -4.31. The van der Waals surface area contributed by atoms with E-state index in [4.69, 9.17) is 4.98 Å². The first-order valence-electron chi connectivity index (χ1n) is 15.2. The van der Waals surface area contributed by atoms with Crippen LogP contribution in [0.4, 0.5) is 5.95 Å². The van der Waals surface area contributed by atoms with Gasteiger partial charge in [0.2, 0.25) is 0 Å². The number of hydrogen-bond donors (Lipinski definition) is 1. The molecule has 1 atom stereocenters. The molecule has 10 heteroatoms. The lowest BCUT2D eigenvalue weighted by Crippen LogP contribution is -2.44. The van der Waals surface area contributed by atoms with Crippen LogP contribution >= 0.6 is 0 Å². The van der Waals surface area contributed by atoms with Crippen LogP contribution in [0.25, 0.3) is 12.2 Å². The summed E-state index contributed by atoms with van der Waals surface area (Å²) in [6.45, 7) is 10.7. The maximum absolute atomic E-state index is 12.8. The predicted molar refractivity (Wildman–Crippen MR) is 186 cm³/mol. The van der Waals surface area contributed by atoms with E-state index >= 15 is 0 Å². The monoisotopic (exact) mass is 630 g/mol.